The van der Waals surface area contributed by atoms with E-state index >= 15 is 0 Å². The number of nitrogens with zero attached hydrogens (tertiary/aromatic N) is 1. The Morgan fingerprint density at radius 2 is 1.75 bits per heavy atom. The lowest BCUT2D eigenvalue weighted by Gasteiger charge is -2.14. The Morgan fingerprint density at radius 1 is 1.08 bits per heavy atom. The monoisotopic (exact) mass is 346 g/mol. The Morgan fingerprint density at radius 3 is 2.42 bits per heavy atom. The fourth-order valence-electron chi connectivity index (χ4n) is 1.98. The summed E-state index contributed by atoms with van der Waals surface area (Å²) < 4.78 is 5.73. The molecule has 2 aromatic rings. The number of hydroxylamine groups is 2. The molecule has 5 nitrogen and oxygen atoms in total. The van der Waals surface area contributed by atoms with Gasteiger partial charge in [0.1, 0.15) is 11.5 Å². The van der Waals surface area contributed by atoms with Gasteiger partial charge in [0.15, 0.2) is 0 Å². The first-order chi connectivity index (χ1) is 11.7. The van der Waals surface area contributed by atoms with Gasteiger partial charge in [0, 0.05) is 23.6 Å². The number of nitrogens with two attached hydrogens (primary N) is 1. The summed E-state index contributed by atoms with van der Waals surface area (Å²) in [4.78, 5) is 12.7. The first-order valence-corrected chi connectivity index (χ1v) is 8.82. The first kappa shape index (κ1) is 18.3. The molecular weight excluding hydrogens is 324 g/mol. The summed E-state index contributed by atoms with van der Waals surface area (Å²) in [6.45, 7) is 0.738. The zero-order valence-electron chi connectivity index (χ0n) is 13.4. The molecule has 2 aromatic carbocycles. The van der Waals surface area contributed by atoms with Crippen molar-refractivity contribution >= 4 is 17.7 Å². The van der Waals surface area contributed by atoms with Gasteiger partial charge in [-0.2, -0.15) is 0 Å². The molecule has 0 aliphatic rings. The number of carbonyl (C=O) groups is 1. The van der Waals surface area contributed by atoms with E-state index < -0.39 is 0 Å². The van der Waals surface area contributed by atoms with Crippen LogP contribution in [0.15, 0.2) is 59.5 Å². The fraction of sp³-hybridized carbons (Fsp3) is 0.278. The predicted molar refractivity (Wildman–Crippen MR) is 95.5 cm³/mol. The van der Waals surface area contributed by atoms with E-state index in [9.17, 15) is 10.0 Å². The van der Waals surface area contributed by atoms with Crippen molar-refractivity contribution < 1.29 is 14.7 Å². The van der Waals surface area contributed by atoms with Crippen molar-refractivity contribution in [2.45, 2.75) is 17.7 Å². The minimum Gasteiger partial charge on any atom is -0.457 e. The second-order valence-corrected chi connectivity index (χ2v) is 6.31. The Balaban J connectivity index is 1.75. The summed E-state index contributed by atoms with van der Waals surface area (Å²) in [7, 11) is 0. The zero-order valence-corrected chi connectivity index (χ0v) is 14.2. The molecule has 0 aliphatic carbocycles. The number of benzene rings is 2. The van der Waals surface area contributed by atoms with Crippen LogP contribution in [0.1, 0.15) is 12.8 Å². The van der Waals surface area contributed by atoms with Gasteiger partial charge in [-0.3, -0.25) is 10.0 Å². The van der Waals surface area contributed by atoms with E-state index in [2.05, 4.69) is 0 Å². The SMILES string of the molecule is NCCCN(O)C(=O)CCSc1ccc(Oc2ccccc2)cc1. The van der Waals surface area contributed by atoms with E-state index in [-0.39, 0.29) is 18.9 Å². The number of carbonyl (C=O) groups excluding carboxylic acids is 1. The van der Waals surface area contributed by atoms with Gasteiger partial charge < -0.3 is 10.5 Å². The smallest absolute Gasteiger partial charge is 0.246 e. The topological polar surface area (TPSA) is 75.8 Å². The molecule has 0 aromatic heterocycles. The average molecular weight is 346 g/mol. The van der Waals surface area contributed by atoms with Gasteiger partial charge in [-0.1, -0.05) is 18.2 Å². The van der Waals surface area contributed by atoms with Crippen LogP contribution in [0.25, 0.3) is 0 Å². The lowest BCUT2D eigenvalue weighted by molar-refractivity contribution is -0.164. The van der Waals surface area contributed by atoms with Crippen molar-refractivity contribution in [1.82, 2.24) is 5.06 Å². The molecule has 0 unspecified atom stereocenters. The van der Waals surface area contributed by atoms with E-state index in [1.54, 1.807) is 11.8 Å². The molecule has 0 bridgehead atoms. The second kappa shape index (κ2) is 9.97. The Hall–Kier alpha value is -2.02. The molecule has 0 radical (unpaired) electrons. The lowest BCUT2D eigenvalue weighted by atomic mass is 10.3. The molecule has 128 valence electrons. The number of amides is 1. The van der Waals surface area contributed by atoms with Crippen molar-refractivity contribution in [2.24, 2.45) is 5.73 Å². The molecule has 0 saturated carbocycles. The number of ether oxygens (including phenoxy) is 1. The standard InChI is InChI=1S/C18H22N2O3S/c19-12-4-13-20(22)18(21)11-14-24-17-9-7-16(8-10-17)23-15-5-2-1-3-6-15/h1-3,5-10,22H,4,11-14,19H2. The summed E-state index contributed by atoms with van der Waals surface area (Å²) in [6, 6.07) is 17.3. The zero-order chi connectivity index (χ0) is 17.2. The lowest BCUT2D eigenvalue weighted by Crippen LogP contribution is -2.29. The molecule has 2 rings (SSSR count). The molecule has 3 N–H and O–H groups in total. The summed E-state index contributed by atoms with van der Waals surface area (Å²) in [5.41, 5.74) is 5.35. The van der Waals surface area contributed by atoms with Crippen molar-refractivity contribution in [3.63, 3.8) is 0 Å². The molecular formula is C18H22N2O3S. The third-order valence-corrected chi connectivity index (χ3v) is 4.26. The number of para-hydroxylation sites is 1. The third kappa shape index (κ3) is 6.23. The highest BCUT2D eigenvalue weighted by molar-refractivity contribution is 7.99. The van der Waals surface area contributed by atoms with Crippen LogP contribution >= 0.6 is 11.8 Å². The minimum absolute atomic E-state index is 0.278. The van der Waals surface area contributed by atoms with Gasteiger partial charge in [0.25, 0.3) is 0 Å². The average Bonchev–Trinajstić information content (AvgIpc) is 2.62. The van der Waals surface area contributed by atoms with Crippen molar-refractivity contribution in [2.75, 3.05) is 18.8 Å². The number of hydrogen-bond donors (Lipinski definition) is 2. The van der Waals surface area contributed by atoms with Crippen LogP contribution in [0.4, 0.5) is 0 Å². The normalized spacial score (nSPS) is 10.4. The fourth-order valence-corrected chi connectivity index (χ4v) is 2.82. The summed E-state index contributed by atoms with van der Waals surface area (Å²) in [5.74, 6) is 1.89. The Labute approximate surface area is 146 Å². The highest BCUT2D eigenvalue weighted by Crippen LogP contribution is 2.25. The van der Waals surface area contributed by atoms with Crippen LogP contribution in [0, 0.1) is 0 Å². The molecule has 24 heavy (non-hydrogen) atoms. The number of rotatable bonds is 9. The largest absolute Gasteiger partial charge is 0.457 e. The molecule has 0 saturated heterocycles. The highest BCUT2D eigenvalue weighted by atomic mass is 32.2. The second-order valence-electron chi connectivity index (χ2n) is 5.14. The molecule has 1 amide bonds. The van der Waals surface area contributed by atoms with Gasteiger partial charge >= 0.3 is 0 Å². The summed E-state index contributed by atoms with van der Waals surface area (Å²) >= 11 is 1.57. The van der Waals surface area contributed by atoms with E-state index in [1.165, 1.54) is 0 Å². The highest BCUT2D eigenvalue weighted by Gasteiger charge is 2.10. The molecule has 0 spiro atoms. The molecule has 0 fully saturated rings. The summed E-state index contributed by atoms with van der Waals surface area (Å²) in [6.07, 6.45) is 0.881. The van der Waals surface area contributed by atoms with Gasteiger partial charge in [-0.15, -0.1) is 11.8 Å². The van der Waals surface area contributed by atoms with Crippen LogP contribution in [0.3, 0.4) is 0 Å². The Kier molecular flexibility index (Phi) is 7.61. The van der Waals surface area contributed by atoms with E-state index in [4.69, 9.17) is 10.5 Å². The van der Waals surface area contributed by atoms with Crippen LogP contribution in [0.2, 0.25) is 0 Å². The van der Waals surface area contributed by atoms with Crippen molar-refractivity contribution in [3.05, 3.63) is 54.6 Å². The number of hydrogen-bond acceptors (Lipinski definition) is 5. The van der Waals surface area contributed by atoms with Crippen LogP contribution in [0.5, 0.6) is 11.5 Å². The molecule has 0 atom stereocenters. The third-order valence-electron chi connectivity index (χ3n) is 3.25. The van der Waals surface area contributed by atoms with Crippen LogP contribution < -0.4 is 10.5 Å². The van der Waals surface area contributed by atoms with E-state index in [0.29, 0.717) is 18.7 Å². The Bertz CT molecular complexity index is 620. The maximum Gasteiger partial charge on any atom is 0.246 e. The van der Waals surface area contributed by atoms with E-state index in [0.717, 1.165) is 21.5 Å². The van der Waals surface area contributed by atoms with Crippen LogP contribution in [-0.4, -0.2) is 35.0 Å². The molecule has 6 heteroatoms. The molecule has 0 heterocycles. The van der Waals surface area contributed by atoms with Gasteiger partial charge in [0.05, 0.1) is 0 Å². The van der Waals surface area contributed by atoms with Crippen molar-refractivity contribution in [1.29, 1.82) is 0 Å². The van der Waals surface area contributed by atoms with E-state index in [1.807, 2.05) is 54.6 Å². The maximum atomic E-state index is 11.7. The van der Waals surface area contributed by atoms with Gasteiger partial charge in [-0.05, 0) is 49.4 Å². The van der Waals surface area contributed by atoms with Crippen LogP contribution in [-0.2, 0) is 4.79 Å². The summed E-state index contributed by atoms with van der Waals surface area (Å²) in [5, 5.41) is 10.3. The first-order valence-electron chi connectivity index (χ1n) is 7.84. The maximum absolute atomic E-state index is 11.7. The number of thioether (sulfide) groups is 1. The van der Waals surface area contributed by atoms with Gasteiger partial charge in [-0.25, -0.2) is 5.06 Å². The quantitative estimate of drug-likeness (QED) is 0.413. The predicted octanol–water partition coefficient (Wildman–Crippen LogP) is 3.53. The minimum atomic E-state index is -0.278. The molecule has 0 aliphatic heterocycles. The van der Waals surface area contributed by atoms with Gasteiger partial charge in [0.2, 0.25) is 5.91 Å². The van der Waals surface area contributed by atoms with Crippen molar-refractivity contribution in [3.8, 4) is 11.5 Å².